The summed E-state index contributed by atoms with van der Waals surface area (Å²) in [6.45, 7) is 6.16. The third-order valence-corrected chi connectivity index (χ3v) is 3.23. The summed E-state index contributed by atoms with van der Waals surface area (Å²) in [5.74, 6) is 0.691. The summed E-state index contributed by atoms with van der Waals surface area (Å²) in [4.78, 5) is 25.9. The van der Waals surface area contributed by atoms with Crippen LogP contribution in [0.2, 0.25) is 0 Å². The summed E-state index contributed by atoms with van der Waals surface area (Å²) in [5, 5.41) is 2.67. The number of amides is 1. The van der Waals surface area contributed by atoms with E-state index in [0.29, 0.717) is 36.6 Å². The molecule has 7 heteroatoms. The van der Waals surface area contributed by atoms with Gasteiger partial charge in [0.15, 0.2) is 5.78 Å². The van der Waals surface area contributed by atoms with Gasteiger partial charge in [-0.1, -0.05) is 6.07 Å². The van der Waals surface area contributed by atoms with Crippen molar-refractivity contribution >= 4 is 11.9 Å². The zero-order valence-corrected chi connectivity index (χ0v) is 17.0. The lowest BCUT2D eigenvalue weighted by Gasteiger charge is -2.19. The van der Waals surface area contributed by atoms with Crippen LogP contribution in [-0.2, 0) is 4.74 Å². The van der Waals surface area contributed by atoms with Crippen LogP contribution in [0.1, 0.15) is 37.6 Å². The number of ether oxygens (including phenoxy) is 3. The number of allylic oxidation sites excluding steroid dienone is 1. The standard InChI is InChI=1S/C20H30N2O5/c1-20(2,3)27-19(24)21-12-8-14-26-17-10-7-9-16(25-6)18(17)15(23)11-13-22(4)5/h7,9-11,13H,8,12,14H2,1-6H3,(H,21,24). The number of hydrogen-bond donors (Lipinski definition) is 1. The van der Waals surface area contributed by atoms with E-state index in [1.807, 2.05) is 34.9 Å². The van der Waals surface area contributed by atoms with Crippen LogP contribution < -0.4 is 14.8 Å². The van der Waals surface area contributed by atoms with E-state index in [1.54, 1.807) is 29.3 Å². The number of nitrogens with one attached hydrogen (secondary N) is 1. The number of rotatable bonds is 9. The maximum absolute atomic E-state index is 12.5. The largest absolute Gasteiger partial charge is 0.496 e. The zero-order valence-electron chi connectivity index (χ0n) is 17.0. The molecule has 0 aliphatic heterocycles. The number of methoxy groups -OCH3 is 1. The molecule has 1 amide bonds. The van der Waals surface area contributed by atoms with Crippen molar-refractivity contribution in [1.82, 2.24) is 10.2 Å². The first-order valence-corrected chi connectivity index (χ1v) is 8.79. The topological polar surface area (TPSA) is 77.1 Å². The molecule has 0 aromatic heterocycles. The van der Waals surface area contributed by atoms with Crippen molar-refractivity contribution in [2.24, 2.45) is 0 Å². The predicted molar refractivity (Wildman–Crippen MR) is 105 cm³/mol. The Morgan fingerprint density at radius 2 is 1.85 bits per heavy atom. The summed E-state index contributed by atoms with van der Waals surface area (Å²) in [7, 11) is 5.18. The highest BCUT2D eigenvalue weighted by atomic mass is 16.6. The van der Waals surface area contributed by atoms with Gasteiger partial charge in [0.05, 0.1) is 13.7 Å². The molecular formula is C20H30N2O5. The lowest BCUT2D eigenvalue weighted by atomic mass is 10.1. The summed E-state index contributed by atoms with van der Waals surface area (Å²) in [6, 6.07) is 5.20. The first kappa shape index (κ1) is 22.3. The van der Waals surface area contributed by atoms with Gasteiger partial charge in [-0.05, 0) is 39.3 Å². The monoisotopic (exact) mass is 378 g/mol. The second kappa shape index (κ2) is 10.4. The molecule has 0 radical (unpaired) electrons. The maximum Gasteiger partial charge on any atom is 0.407 e. The van der Waals surface area contributed by atoms with Crippen molar-refractivity contribution in [3.63, 3.8) is 0 Å². The highest BCUT2D eigenvalue weighted by Crippen LogP contribution is 2.29. The van der Waals surface area contributed by atoms with Crippen LogP contribution in [0.4, 0.5) is 4.79 Å². The van der Waals surface area contributed by atoms with Gasteiger partial charge in [0, 0.05) is 32.9 Å². The quantitative estimate of drug-likeness (QED) is 0.404. The van der Waals surface area contributed by atoms with Crippen LogP contribution in [-0.4, -0.2) is 56.7 Å². The number of carbonyl (C=O) groups excluding carboxylic acids is 2. The molecule has 1 rings (SSSR count). The van der Waals surface area contributed by atoms with Crippen LogP contribution in [0.5, 0.6) is 11.5 Å². The smallest absolute Gasteiger partial charge is 0.407 e. The minimum Gasteiger partial charge on any atom is -0.496 e. The van der Waals surface area contributed by atoms with Gasteiger partial charge in [0.2, 0.25) is 0 Å². The molecule has 1 aromatic rings. The van der Waals surface area contributed by atoms with Crippen molar-refractivity contribution in [2.75, 3.05) is 34.4 Å². The van der Waals surface area contributed by atoms with Gasteiger partial charge in [-0.15, -0.1) is 0 Å². The Hall–Kier alpha value is -2.70. The Labute approximate surface area is 161 Å². The molecule has 27 heavy (non-hydrogen) atoms. The maximum atomic E-state index is 12.5. The molecule has 0 fully saturated rings. The lowest BCUT2D eigenvalue weighted by molar-refractivity contribution is 0.0525. The Kier molecular flexibility index (Phi) is 8.65. The molecule has 0 aliphatic rings. The van der Waals surface area contributed by atoms with Crippen LogP contribution in [0.25, 0.3) is 0 Å². The number of alkyl carbamates (subject to hydrolysis) is 1. The van der Waals surface area contributed by atoms with Gasteiger partial charge in [0.25, 0.3) is 0 Å². The van der Waals surface area contributed by atoms with Gasteiger partial charge >= 0.3 is 6.09 Å². The second-order valence-electron chi connectivity index (χ2n) is 7.11. The summed E-state index contributed by atoms with van der Waals surface area (Å²) in [5.41, 5.74) is -0.158. The molecule has 0 spiro atoms. The highest BCUT2D eigenvalue weighted by molar-refractivity contribution is 6.08. The van der Waals surface area contributed by atoms with Crippen molar-refractivity contribution < 1.29 is 23.8 Å². The summed E-state index contributed by atoms with van der Waals surface area (Å²) >= 11 is 0. The third-order valence-electron chi connectivity index (χ3n) is 3.23. The van der Waals surface area contributed by atoms with E-state index in [4.69, 9.17) is 14.2 Å². The molecule has 0 saturated carbocycles. The fourth-order valence-electron chi connectivity index (χ4n) is 2.10. The van der Waals surface area contributed by atoms with Crippen molar-refractivity contribution in [2.45, 2.75) is 32.8 Å². The minimum absolute atomic E-state index is 0.206. The number of carbonyl (C=O) groups is 2. The number of benzene rings is 1. The van der Waals surface area contributed by atoms with Crippen LogP contribution in [0.3, 0.4) is 0 Å². The van der Waals surface area contributed by atoms with E-state index in [1.165, 1.54) is 13.2 Å². The SMILES string of the molecule is COc1cccc(OCCCNC(=O)OC(C)(C)C)c1C(=O)C=CN(C)C. The second-order valence-corrected chi connectivity index (χ2v) is 7.11. The molecule has 0 heterocycles. The first-order valence-electron chi connectivity index (χ1n) is 8.79. The van der Waals surface area contributed by atoms with E-state index in [2.05, 4.69) is 5.32 Å². The van der Waals surface area contributed by atoms with Gasteiger partial charge in [-0.2, -0.15) is 0 Å². The molecule has 0 saturated heterocycles. The minimum atomic E-state index is -0.531. The predicted octanol–water partition coefficient (Wildman–Crippen LogP) is 3.25. The van der Waals surface area contributed by atoms with Crippen LogP contribution in [0, 0.1) is 0 Å². The Bertz CT molecular complexity index is 663. The van der Waals surface area contributed by atoms with E-state index >= 15 is 0 Å². The van der Waals surface area contributed by atoms with Gasteiger partial charge in [0.1, 0.15) is 22.7 Å². The molecule has 7 nitrogen and oxygen atoms in total. The summed E-state index contributed by atoms with van der Waals surface area (Å²) in [6.07, 6.45) is 3.24. The average Bonchev–Trinajstić information content (AvgIpc) is 2.57. The van der Waals surface area contributed by atoms with Gasteiger partial charge in [-0.25, -0.2) is 4.79 Å². The molecular weight excluding hydrogens is 348 g/mol. The third kappa shape index (κ3) is 8.48. The van der Waals surface area contributed by atoms with E-state index in [-0.39, 0.29) is 5.78 Å². The molecule has 0 unspecified atom stereocenters. The van der Waals surface area contributed by atoms with Gasteiger partial charge in [-0.3, -0.25) is 4.79 Å². The van der Waals surface area contributed by atoms with E-state index in [9.17, 15) is 9.59 Å². The van der Waals surface area contributed by atoms with E-state index < -0.39 is 11.7 Å². The van der Waals surface area contributed by atoms with Gasteiger partial charge < -0.3 is 24.4 Å². The number of ketones is 1. The highest BCUT2D eigenvalue weighted by Gasteiger charge is 2.17. The molecule has 150 valence electrons. The fourth-order valence-corrected chi connectivity index (χ4v) is 2.10. The number of nitrogens with zero attached hydrogens (tertiary/aromatic N) is 1. The normalized spacial score (nSPS) is 11.2. The van der Waals surface area contributed by atoms with Crippen molar-refractivity contribution in [3.8, 4) is 11.5 Å². The molecule has 0 aliphatic carbocycles. The first-order chi connectivity index (χ1) is 12.6. The Balaban J connectivity index is 2.65. The molecule has 1 N–H and O–H groups in total. The van der Waals surface area contributed by atoms with Crippen LogP contribution in [0.15, 0.2) is 30.5 Å². The average molecular weight is 378 g/mol. The fraction of sp³-hybridized carbons (Fsp3) is 0.500. The molecule has 0 bridgehead atoms. The summed E-state index contributed by atoms with van der Waals surface area (Å²) < 4.78 is 16.2. The Morgan fingerprint density at radius 1 is 1.19 bits per heavy atom. The van der Waals surface area contributed by atoms with Crippen LogP contribution >= 0.6 is 0 Å². The van der Waals surface area contributed by atoms with E-state index in [0.717, 1.165) is 0 Å². The molecule has 1 aromatic carbocycles. The molecule has 0 atom stereocenters. The van der Waals surface area contributed by atoms with Crippen molar-refractivity contribution in [1.29, 1.82) is 0 Å². The lowest BCUT2D eigenvalue weighted by Crippen LogP contribution is -2.33. The zero-order chi connectivity index (χ0) is 20.4. The Morgan fingerprint density at radius 3 is 2.44 bits per heavy atom. The number of hydrogen-bond acceptors (Lipinski definition) is 6. The van der Waals surface area contributed by atoms with Crippen molar-refractivity contribution in [3.05, 3.63) is 36.0 Å².